The number of carboxylic acid groups (broad SMARTS) is 1. The van der Waals surface area contributed by atoms with Crippen LogP contribution in [0.3, 0.4) is 0 Å². The van der Waals surface area contributed by atoms with Crippen molar-refractivity contribution in [1.29, 1.82) is 0 Å². The zero-order valence-corrected chi connectivity index (χ0v) is 7.03. The zero-order valence-electron chi connectivity index (χ0n) is 7.03. The van der Waals surface area contributed by atoms with Crippen LogP contribution in [-0.4, -0.2) is 5.97 Å². The number of hydrogen-bond acceptors (Lipinski definition) is 3. The van der Waals surface area contributed by atoms with Gasteiger partial charge in [0, 0.05) is 10.9 Å². The molecule has 66 valence electrons. The molecule has 0 radical (unpaired) electrons. The normalized spacial score (nSPS) is 10.5. The number of carbonyl (C=O) groups excluding carboxylic acids is 1. The first-order valence-corrected chi connectivity index (χ1v) is 3.89. The average molecular weight is 175 g/mol. The molecule has 2 rings (SSSR count). The molecule has 0 saturated heterocycles. The second-order valence-corrected chi connectivity index (χ2v) is 2.84. The van der Waals surface area contributed by atoms with E-state index >= 15 is 0 Å². The molecule has 0 atom stereocenters. The lowest BCUT2D eigenvalue weighted by Gasteiger charge is -1.96. The average Bonchev–Trinajstić information content (AvgIpc) is 2.45. The van der Waals surface area contributed by atoms with Crippen molar-refractivity contribution in [1.82, 2.24) is 0 Å². The van der Waals surface area contributed by atoms with Crippen LogP contribution in [0.4, 0.5) is 0 Å². The Morgan fingerprint density at radius 2 is 2.08 bits per heavy atom. The quantitative estimate of drug-likeness (QED) is 0.652. The van der Waals surface area contributed by atoms with Gasteiger partial charge in [0.25, 0.3) is 0 Å². The highest BCUT2D eigenvalue weighted by atomic mass is 16.4. The maximum Gasteiger partial charge on any atom is 0.153 e. The van der Waals surface area contributed by atoms with Gasteiger partial charge >= 0.3 is 0 Å². The van der Waals surface area contributed by atoms with Gasteiger partial charge in [0.1, 0.15) is 11.6 Å². The third-order valence-electron chi connectivity index (χ3n) is 2.03. The van der Waals surface area contributed by atoms with Gasteiger partial charge in [-0.15, -0.1) is 0 Å². The topological polar surface area (TPSA) is 53.3 Å². The smallest absolute Gasteiger partial charge is 0.153 e. The number of carboxylic acids is 1. The fraction of sp³-hybridized carbons (Fsp3) is 0.100. The van der Waals surface area contributed by atoms with Crippen LogP contribution >= 0.6 is 0 Å². The van der Waals surface area contributed by atoms with E-state index in [9.17, 15) is 9.90 Å². The lowest BCUT2D eigenvalue weighted by molar-refractivity contribution is -0.257. The van der Waals surface area contributed by atoms with Crippen molar-refractivity contribution in [3.63, 3.8) is 0 Å². The van der Waals surface area contributed by atoms with E-state index in [0.29, 0.717) is 11.1 Å². The zero-order chi connectivity index (χ0) is 9.42. The molecule has 0 unspecified atom stereocenters. The van der Waals surface area contributed by atoms with E-state index in [0.717, 1.165) is 5.39 Å². The van der Waals surface area contributed by atoms with Crippen LogP contribution in [0, 0.1) is 6.92 Å². The number of hydrogen-bond donors (Lipinski definition) is 0. The van der Waals surface area contributed by atoms with Crippen LogP contribution in [0.15, 0.2) is 28.7 Å². The molecular formula is C10H7O3-. The molecule has 0 amide bonds. The Labute approximate surface area is 74.6 Å². The fourth-order valence-corrected chi connectivity index (χ4v) is 1.37. The maximum atomic E-state index is 10.6. The van der Waals surface area contributed by atoms with Crippen molar-refractivity contribution in [2.24, 2.45) is 0 Å². The summed E-state index contributed by atoms with van der Waals surface area (Å²) in [7, 11) is 0. The largest absolute Gasteiger partial charge is 0.542 e. The summed E-state index contributed by atoms with van der Waals surface area (Å²) in [4.78, 5) is 10.6. The molecule has 0 fully saturated rings. The van der Waals surface area contributed by atoms with E-state index in [1.54, 1.807) is 19.1 Å². The highest BCUT2D eigenvalue weighted by Gasteiger charge is 2.09. The van der Waals surface area contributed by atoms with Gasteiger partial charge in [-0.1, -0.05) is 18.2 Å². The second kappa shape index (κ2) is 2.62. The van der Waals surface area contributed by atoms with E-state index in [1.165, 1.54) is 0 Å². The molecule has 2 aromatic rings. The van der Waals surface area contributed by atoms with Crippen LogP contribution in [0.5, 0.6) is 0 Å². The van der Waals surface area contributed by atoms with E-state index in [4.69, 9.17) is 4.42 Å². The first-order chi connectivity index (χ1) is 6.20. The first kappa shape index (κ1) is 7.86. The van der Waals surface area contributed by atoms with Crippen LogP contribution in [0.2, 0.25) is 0 Å². The summed E-state index contributed by atoms with van der Waals surface area (Å²) in [5.74, 6) is -1.35. The van der Waals surface area contributed by atoms with Gasteiger partial charge in [0.15, 0.2) is 5.76 Å². The highest BCUT2D eigenvalue weighted by molar-refractivity contribution is 5.93. The molecule has 0 saturated carbocycles. The number of benzene rings is 1. The molecule has 1 aromatic carbocycles. The number of carbonyl (C=O) groups is 1. The molecular weight excluding hydrogens is 168 g/mol. The number of aryl methyl sites for hydroxylation is 1. The predicted molar refractivity (Wildman–Crippen MR) is 45.3 cm³/mol. The summed E-state index contributed by atoms with van der Waals surface area (Å²) in [5.41, 5.74) is 1.20. The molecule has 0 bridgehead atoms. The first-order valence-electron chi connectivity index (χ1n) is 3.89. The molecule has 1 heterocycles. The molecule has 0 aliphatic rings. The number of fused-ring (bicyclic) bond motifs is 1. The summed E-state index contributed by atoms with van der Waals surface area (Å²) in [6, 6.07) is 7.18. The Morgan fingerprint density at radius 3 is 2.69 bits per heavy atom. The van der Waals surface area contributed by atoms with Gasteiger partial charge in [-0.3, -0.25) is 0 Å². The highest BCUT2D eigenvalue weighted by Crippen LogP contribution is 2.23. The van der Waals surface area contributed by atoms with Crippen LogP contribution in [0.1, 0.15) is 16.1 Å². The Balaban J connectivity index is 2.81. The maximum absolute atomic E-state index is 10.6. The molecule has 0 aliphatic heterocycles. The standard InChI is InChI=1S/C10H8O3/c1-6-7-4-2-3-5-8(7)13-9(6)10(11)12/h2-5H,1H3,(H,11,12)/p-1. The van der Waals surface area contributed by atoms with Gasteiger partial charge < -0.3 is 14.3 Å². The van der Waals surface area contributed by atoms with Crippen LogP contribution in [0.25, 0.3) is 11.0 Å². The molecule has 1 aromatic heterocycles. The van der Waals surface area contributed by atoms with Gasteiger partial charge in [-0.05, 0) is 13.0 Å². The van der Waals surface area contributed by atoms with Gasteiger partial charge in [-0.25, -0.2) is 0 Å². The van der Waals surface area contributed by atoms with E-state index in [2.05, 4.69) is 0 Å². The number of furan rings is 1. The van der Waals surface area contributed by atoms with Gasteiger partial charge in [-0.2, -0.15) is 0 Å². The van der Waals surface area contributed by atoms with Gasteiger partial charge in [0.2, 0.25) is 0 Å². The molecule has 3 heteroatoms. The lowest BCUT2D eigenvalue weighted by atomic mass is 10.1. The third kappa shape index (κ3) is 1.09. The van der Waals surface area contributed by atoms with E-state index < -0.39 is 5.97 Å². The molecule has 0 spiro atoms. The molecule has 0 N–H and O–H groups in total. The van der Waals surface area contributed by atoms with E-state index in [-0.39, 0.29) is 5.76 Å². The molecule has 3 nitrogen and oxygen atoms in total. The SMILES string of the molecule is Cc1c(C(=O)[O-])oc2ccccc12. The molecule has 0 aliphatic carbocycles. The van der Waals surface area contributed by atoms with E-state index in [1.807, 2.05) is 12.1 Å². The fourth-order valence-electron chi connectivity index (χ4n) is 1.37. The third-order valence-corrected chi connectivity index (χ3v) is 2.03. The summed E-state index contributed by atoms with van der Waals surface area (Å²) in [6.07, 6.45) is 0. The summed E-state index contributed by atoms with van der Waals surface area (Å²) < 4.78 is 5.10. The number of aromatic carboxylic acids is 1. The van der Waals surface area contributed by atoms with Crippen molar-refractivity contribution in [2.75, 3.05) is 0 Å². The van der Waals surface area contributed by atoms with Crippen molar-refractivity contribution in [2.45, 2.75) is 6.92 Å². The molecule has 13 heavy (non-hydrogen) atoms. The van der Waals surface area contributed by atoms with Crippen molar-refractivity contribution >= 4 is 16.9 Å². The number of rotatable bonds is 1. The summed E-state index contributed by atoms with van der Waals surface area (Å²) in [6.45, 7) is 1.71. The number of para-hydroxylation sites is 1. The minimum absolute atomic E-state index is 0.0822. The predicted octanol–water partition coefficient (Wildman–Crippen LogP) is 1.10. The Morgan fingerprint density at radius 1 is 1.38 bits per heavy atom. The summed E-state index contributed by atoms with van der Waals surface area (Å²) >= 11 is 0. The lowest BCUT2D eigenvalue weighted by Crippen LogP contribution is -2.22. The van der Waals surface area contributed by atoms with Gasteiger partial charge in [0.05, 0.1) is 0 Å². The van der Waals surface area contributed by atoms with Crippen molar-refractivity contribution in [3.8, 4) is 0 Å². The minimum atomic E-state index is -1.27. The van der Waals surface area contributed by atoms with Crippen LogP contribution in [-0.2, 0) is 0 Å². The van der Waals surface area contributed by atoms with Crippen molar-refractivity contribution < 1.29 is 14.3 Å². The Hall–Kier alpha value is -1.77. The van der Waals surface area contributed by atoms with Crippen LogP contribution < -0.4 is 5.11 Å². The second-order valence-electron chi connectivity index (χ2n) is 2.84. The van der Waals surface area contributed by atoms with Crippen molar-refractivity contribution in [3.05, 3.63) is 35.6 Å². The Bertz CT molecular complexity index is 468. The Kier molecular flexibility index (Phi) is 1.59. The monoisotopic (exact) mass is 175 g/mol. The minimum Gasteiger partial charge on any atom is -0.542 e. The summed E-state index contributed by atoms with van der Waals surface area (Å²) in [5, 5.41) is 11.4.